The second-order valence-corrected chi connectivity index (χ2v) is 3.61. The predicted octanol–water partition coefficient (Wildman–Crippen LogP) is 0.915. The van der Waals surface area contributed by atoms with Crippen molar-refractivity contribution in [1.29, 1.82) is 0 Å². The molecule has 2 heterocycles. The predicted molar refractivity (Wildman–Crippen MR) is 56.1 cm³/mol. The number of thiazole rings is 1. The molecule has 2 aromatic rings. The van der Waals surface area contributed by atoms with E-state index in [4.69, 9.17) is 0 Å². The molecule has 6 nitrogen and oxygen atoms in total. The molecule has 0 aromatic carbocycles. The third-order valence-electron chi connectivity index (χ3n) is 1.79. The number of carbonyl (C=O) groups is 1. The van der Waals surface area contributed by atoms with E-state index in [2.05, 4.69) is 25.0 Å². The van der Waals surface area contributed by atoms with E-state index in [1.807, 2.05) is 0 Å². The molecule has 0 spiro atoms. The Morgan fingerprint density at radius 1 is 1.53 bits per heavy atom. The molecule has 0 aliphatic carbocycles. The lowest BCUT2D eigenvalue weighted by atomic mass is 10.5. The summed E-state index contributed by atoms with van der Waals surface area (Å²) in [5.74, 6) is 0.145. The van der Waals surface area contributed by atoms with Gasteiger partial charge in [0.05, 0.1) is 7.11 Å². The summed E-state index contributed by atoms with van der Waals surface area (Å²) in [4.78, 5) is 24.0. The summed E-state index contributed by atoms with van der Waals surface area (Å²) in [6.07, 6.45) is 1.42. The van der Waals surface area contributed by atoms with Crippen molar-refractivity contribution < 1.29 is 9.53 Å². The van der Waals surface area contributed by atoms with E-state index in [9.17, 15) is 4.79 Å². The number of hydrogen-bond donors (Lipinski definition) is 1. The topological polar surface area (TPSA) is 77.0 Å². The van der Waals surface area contributed by atoms with E-state index < -0.39 is 5.97 Å². The fourth-order valence-corrected chi connectivity index (χ4v) is 1.94. The van der Waals surface area contributed by atoms with Gasteiger partial charge in [0.1, 0.15) is 16.7 Å². The molecule has 0 aliphatic heterocycles. The molecule has 2 aromatic heterocycles. The molecule has 0 saturated heterocycles. The van der Waals surface area contributed by atoms with Gasteiger partial charge in [0.15, 0.2) is 5.82 Å². The summed E-state index contributed by atoms with van der Waals surface area (Å²) < 4.78 is 4.58. The quantitative estimate of drug-likeness (QED) is 0.764. The molecule has 0 amide bonds. The first kappa shape index (κ1) is 9.78. The molecule has 0 bridgehead atoms. The lowest BCUT2D eigenvalue weighted by Gasteiger charge is -1.96. The number of nitrogens with one attached hydrogen (secondary N) is 1. The van der Waals surface area contributed by atoms with Crippen molar-refractivity contribution in [2.24, 2.45) is 0 Å². The molecule has 2 rings (SSSR count). The summed E-state index contributed by atoms with van der Waals surface area (Å²) in [6, 6.07) is 0. The number of ether oxygens (including phenoxy) is 1. The molecule has 0 aliphatic rings. The standard InChI is InChI=1S/C8H8N4O2S/c1-9-5-4-6(11-3-10-5)15-7(12-4)8(13)14-2/h3H,1-2H3,(H,9,10,11). The van der Waals surface area contributed by atoms with Gasteiger partial charge in [-0.05, 0) is 0 Å². The van der Waals surface area contributed by atoms with Gasteiger partial charge in [0.25, 0.3) is 0 Å². The van der Waals surface area contributed by atoms with Crippen LogP contribution < -0.4 is 5.32 Å². The molecule has 15 heavy (non-hydrogen) atoms. The largest absolute Gasteiger partial charge is 0.464 e. The van der Waals surface area contributed by atoms with Crippen molar-refractivity contribution >= 4 is 33.5 Å². The number of anilines is 1. The maximum Gasteiger partial charge on any atom is 0.367 e. The van der Waals surface area contributed by atoms with Gasteiger partial charge >= 0.3 is 5.97 Å². The molecule has 0 unspecified atom stereocenters. The zero-order chi connectivity index (χ0) is 10.8. The van der Waals surface area contributed by atoms with Gasteiger partial charge in [-0.15, -0.1) is 0 Å². The van der Waals surface area contributed by atoms with Crippen molar-refractivity contribution in [1.82, 2.24) is 15.0 Å². The first-order valence-corrected chi connectivity index (χ1v) is 4.95. The van der Waals surface area contributed by atoms with Crippen LogP contribution in [-0.2, 0) is 4.74 Å². The van der Waals surface area contributed by atoms with Crippen LogP contribution in [0.4, 0.5) is 5.82 Å². The van der Waals surface area contributed by atoms with Crippen LogP contribution in [-0.4, -0.2) is 35.1 Å². The Balaban J connectivity index is 2.60. The summed E-state index contributed by atoms with van der Waals surface area (Å²) in [7, 11) is 3.05. The van der Waals surface area contributed by atoms with Crippen molar-refractivity contribution in [3.8, 4) is 0 Å². The molecule has 0 saturated carbocycles. The third-order valence-corrected chi connectivity index (χ3v) is 2.74. The van der Waals surface area contributed by atoms with Crippen molar-refractivity contribution in [2.45, 2.75) is 0 Å². The highest BCUT2D eigenvalue weighted by atomic mass is 32.1. The SMILES string of the molecule is CNc1ncnc2sc(C(=O)OC)nc12. The minimum absolute atomic E-state index is 0.282. The van der Waals surface area contributed by atoms with Crippen molar-refractivity contribution in [3.05, 3.63) is 11.3 Å². The number of methoxy groups -OCH3 is 1. The number of carbonyl (C=O) groups excluding carboxylic acids is 1. The monoisotopic (exact) mass is 224 g/mol. The van der Waals surface area contributed by atoms with Gasteiger partial charge in [-0.2, -0.15) is 0 Å². The summed E-state index contributed by atoms with van der Waals surface area (Å²) in [6.45, 7) is 0. The molecule has 7 heteroatoms. The van der Waals surface area contributed by atoms with Crippen LogP contribution in [0, 0.1) is 0 Å². The average Bonchev–Trinajstić information content (AvgIpc) is 2.71. The minimum atomic E-state index is -0.458. The Morgan fingerprint density at radius 2 is 2.33 bits per heavy atom. The lowest BCUT2D eigenvalue weighted by Crippen LogP contribution is -2.00. The van der Waals surface area contributed by atoms with E-state index in [1.54, 1.807) is 7.05 Å². The highest BCUT2D eigenvalue weighted by molar-refractivity contribution is 7.19. The average molecular weight is 224 g/mol. The minimum Gasteiger partial charge on any atom is -0.464 e. The van der Waals surface area contributed by atoms with Gasteiger partial charge in [0, 0.05) is 7.05 Å². The number of aromatic nitrogens is 3. The first-order chi connectivity index (χ1) is 7.26. The highest BCUT2D eigenvalue weighted by Crippen LogP contribution is 2.24. The second kappa shape index (κ2) is 3.77. The third kappa shape index (κ3) is 1.61. The molecule has 0 radical (unpaired) electrons. The van der Waals surface area contributed by atoms with Gasteiger partial charge < -0.3 is 10.1 Å². The Kier molecular flexibility index (Phi) is 2.46. The first-order valence-electron chi connectivity index (χ1n) is 4.14. The van der Waals surface area contributed by atoms with Crippen LogP contribution in [0.3, 0.4) is 0 Å². The Labute approximate surface area is 89.3 Å². The summed E-state index contributed by atoms with van der Waals surface area (Å²) in [5, 5.41) is 3.16. The molecule has 78 valence electrons. The van der Waals surface area contributed by atoms with E-state index in [0.29, 0.717) is 16.2 Å². The van der Waals surface area contributed by atoms with Crippen molar-refractivity contribution in [3.63, 3.8) is 0 Å². The van der Waals surface area contributed by atoms with Gasteiger partial charge in [-0.1, -0.05) is 11.3 Å². The fourth-order valence-electron chi connectivity index (χ4n) is 1.11. The van der Waals surface area contributed by atoms with Gasteiger partial charge in [0.2, 0.25) is 5.01 Å². The zero-order valence-corrected chi connectivity index (χ0v) is 8.96. The van der Waals surface area contributed by atoms with Crippen LogP contribution in [0.5, 0.6) is 0 Å². The van der Waals surface area contributed by atoms with Crippen LogP contribution >= 0.6 is 11.3 Å². The molecular weight excluding hydrogens is 216 g/mol. The van der Waals surface area contributed by atoms with E-state index >= 15 is 0 Å². The molecule has 1 N–H and O–H groups in total. The number of hydrogen-bond acceptors (Lipinski definition) is 7. The van der Waals surface area contributed by atoms with E-state index in [1.165, 1.54) is 24.8 Å². The van der Waals surface area contributed by atoms with E-state index in [0.717, 1.165) is 0 Å². The zero-order valence-electron chi connectivity index (χ0n) is 8.14. The number of rotatable bonds is 2. The smallest absolute Gasteiger partial charge is 0.367 e. The molecule has 0 fully saturated rings. The van der Waals surface area contributed by atoms with Gasteiger partial charge in [-0.3, -0.25) is 0 Å². The van der Waals surface area contributed by atoms with Crippen LogP contribution in [0.1, 0.15) is 9.80 Å². The summed E-state index contributed by atoms with van der Waals surface area (Å²) >= 11 is 1.18. The Bertz CT molecular complexity index is 510. The fraction of sp³-hybridized carbons (Fsp3) is 0.250. The molecule has 0 atom stereocenters. The van der Waals surface area contributed by atoms with Crippen molar-refractivity contribution in [2.75, 3.05) is 19.5 Å². The highest BCUT2D eigenvalue weighted by Gasteiger charge is 2.15. The number of esters is 1. The van der Waals surface area contributed by atoms with Crippen LogP contribution in [0.2, 0.25) is 0 Å². The van der Waals surface area contributed by atoms with Crippen LogP contribution in [0.15, 0.2) is 6.33 Å². The Morgan fingerprint density at radius 3 is 3.00 bits per heavy atom. The Hall–Kier alpha value is -1.76. The molecular formula is C8H8N4O2S. The van der Waals surface area contributed by atoms with Gasteiger partial charge in [-0.25, -0.2) is 19.7 Å². The normalized spacial score (nSPS) is 10.3. The van der Waals surface area contributed by atoms with Crippen LogP contribution in [0.25, 0.3) is 10.3 Å². The second-order valence-electron chi connectivity index (χ2n) is 2.64. The maximum absolute atomic E-state index is 11.2. The van der Waals surface area contributed by atoms with E-state index in [-0.39, 0.29) is 5.01 Å². The summed E-state index contributed by atoms with van der Waals surface area (Å²) in [5.41, 5.74) is 0.588. The maximum atomic E-state index is 11.2. The lowest BCUT2D eigenvalue weighted by molar-refractivity contribution is 0.0600. The number of fused-ring (bicyclic) bond motifs is 1. The number of nitrogens with zero attached hydrogens (tertiary/aromatic N) is 3.